The molecule has 1 N–H and O–H groups in total. The molecule has 0 aliphatic carbocycles. The second-order valence-electron chi connectivity index (χ2n) is 2.03. The Labute approximate surface area is 52.2 Å². The van der Waals surface area contributed by atoms with E-state index in [1.54, 1.807) is 0 Å². The summed E-state index contributed by atoms with van der Waals surface area (Å²) in [6.07, 6.45) is -1.55. The molecule has 0 bridgehead atoms. The molecule has 2 atom stereocenters. The van der Waals surface area contributed by atoms with Crippen molar-refractivity contribution in [3.63, 3.8) is 0 Å². The first-order valence-electron chi connectivity index (χ1n) is 2.77. The molecular formula is C5H8FNO2. The molecule has 1 saturated heterocycles. The van der Waals surface area contributed by atoms with Crippen molar-refractivity contribution in [2.75, 3.05) is 6.61 Å². The summed E-state index contributed by atoms with van der Waals surface area (Å²) in [6.45, 7) is 1.54. The van der Waals surface area contributed by atoms with E-state index in [-0.39, 0.29) is 6.61 Å². The SMILES string of the molecule is CC(F)[C@H]1COC(=O)N1. The Morgan fingerprint density at radius 3 is 2.89 bits per heavy atom. The van der Waals surface area contributed by atoms with Gasteiger partial charge in [0, 0.05) is 0 Å². The van der Waals surface area contributed by atoms with Crippen LogP contribution in [0.15, 0.2) is 0 Å². The monoisotopic (exact) mass is 133 g/mol. The summed E-state index contributed by atoms with van der Waals surface area (Å²) in [4.78, 5) is 10.3. The normalized spacial score (nSPS) is 29.1. The molecule has 0 aromatic heterocycles. The van der Waals surface area contributed by atoms with Crippen molar-refractivity contribution in [2.45, 2.75) is 19.1 Å². The van der Waals surface area contributed by atoms with Gasteiger partial charge in [-0.2, -0.15) is 0 Å². The number of carbonyl (C=O) groups is 1. The molecule has 0 radical (unpaired) electrons. The fourth-order valence-electron chi connectivity index (χ4n) is 0.648. The quantitative estimate of drug-likeness (QED) is 0.564. The van der Waals surface area contributed by atoms with Gasteiger partial charge in [0.15, 0.2) is 0 Å². The molecule has 3 nitrogen and oxygen atoms in total. The van der Waals surface area contributed by atoms with Crippen molar-refractivity contribution in [3.05, 3.63) is 0 Å². The lowest BCUT2D eigenvalue weighted by Gasteiger charge is -2.05. The fraction of sp³-hybridized carbons (Fsp3) is 0.800. The second kappa shape index (κ2) is 2.21. The van der Waals surface area contributed by atoms with Crippen molar-refractivity contribution in [3.8, 4) is 0 Å². The van der Waals surface area contributed by atoms with Crippen LogP contribution in [0.25, 0.3) is 0 Å². The maximum Gasteiger partial charge on any atom is 0.407 e. The molecule has 4 heteroatoms. The third kappa shape index (κ3) is 1.31. The number of alkyl carbamates (subject to hydrolysis) is 1. The molecule has 1 rings (SSSR count). The number of rotatable bonds is 1. The molecular weight excluding hydrogens is 125 g/mol. The van der Waals surface area contributed by atoms with E-state index in [9.17, 15) is 9.18 Å². The van der Waals surface area contributed by atoms with E-state index in [0.29, 0.717) is 0 Å². The topological polar surface area (TPSA) is 38.3 Å². The highest BCUT2D eigenvalue weighted by atomic mass is 19.1. The smallest absolute Gasteiger partial charge is 0.407 e. The van der Waals surface area contributed by atoms with Crippen molar-refractivity contribution < 1.29 is 13.9 Å². The number of ether oxygens (including phenoxy) is 1. The molecule has 0 spiro atoms. The van der Waals surface area contributed by atoms with Crippen LogP contribution in [0.5, 0.6) is 0 Å². The number of alkyl halides is 1. The van der Waals surface area contributed by atoms with Gasteiger partial charge in [-0.3, -0.25) is 0 Å². The number of amides is 1. The van der Waals surface area contributed by atoms with Gasteiger partial charge >= 0.3 is 6.09 Å². The van der Waals surface area contributed by atoms with Gasteiger partial charge in [-0.05, 0) is 6.92 Å². The molecule has 1 aliphatic rings. The molecule has 0 saturated carbocycles. The molecule has 9 heavy (non-hydrogen) atoms. The zero-order valence-electron chi connectivity index (χ0n) is 5.06. The van der Waals surface area contributed by atoms with Gasteiger partial charge in [0.05, 0.1) is 6.04 Å². The first kappa shape index (κ1) is 6.32. The summed E-state index contributed by atoms with van der Waals surface area (Å²) in [6, 6.07) is -0.447. The third-order valence-corrected chi connectivity index (χ3v) is 1.25. The van der Waals surface area contributed by atoms with Crippen molar-refractivity contribution in [1.29, 1.82) is 0 Å². The summed E-state index contributed by atoms with van der Waals surface area (Å²) in [5.41, 5.74) is 0. The lowest BCUT2D eigenvalue weighted by molar-refractivity contribution is 0.173. The molecule has 1 aliphatic heterocycles. The van der Waals surface area contributed by atoms with Crippen LogP contribution >= 0.6 is 0 Å². The van der Waals surface area contributed by atoms with Gasteiger partial charge < -0.3 is 10.1 Å². The minimum atomic E-state index is -1.03. The zero-order chi connectivity index (χ0) is 6.85. The largest absolute Gasteiger partial charge is 0.447 e. The summed E-state index contributed by atoms with van der Waals surface area (Å²) in [5, 5.41) is 2.32. The molecule has 0 aromatic rings. The third-order valence-electron chi connectivity index (χ3n) is 1.25. The van der Waals surface area contributed by atoms with Crippen LogP contribution in [0.4, 0.5) is 9.18 Å². The van der Waals surface area contributed by atoms with Crippen molar-refractivity contribution >= 4 is 6.09 Å². The fourth-order valence-corrected chi connectivity index (χ4v) is 0.648. The van der Waals surface area contributed by atoms with Gasteiger partial charge in [-0.15, -0.1) is 0 Å². The van der Waals surface area contributed by atoms with Gasteiger partial charge in [0.1, 0.15) is 12.8 Å². The molecule has 1 amide bonds. The van der Waals surface area contributed by atoms with E-state index in [4.69, 9.17) is 0 Å². The van der Waals surface area contributed by atoms with Crippen LogP contribution in [-0.4, -0.2) is 24.9 Å². The maximum absolute atomic E-state index is 12.3. The standard InChI is InChI=1S/C5H8FNO2/c1-3(6)4-2-9-5(8)7-4/h3-4H,2H2,1H3,(H,7,8)/t3?,4-/m1/s1. The lowest BCUT2D eigenvalue weighted by atomic mass is 10.2. The van der Waals surface area contributed by atoms with Crippen LogP contribution in [0, 0.1) is 0 Å². The lowest BCUT2D eigenvalue weighted by Crippen LogP contribution is -2.33. The Morgan fingerprint density at radius 2 is 2.67 bits per heavy atom. The number of nitrogens with one attached hydrogen (secondary N) is 1. The van der Waals surface area contributed by atoms with Crippen LogP contribution in [-0.2, 0) is 4.74 Å². The van der Waals surface area contributed by atoms with E-state index in [1.807, 2.05) is 0 Å². The summed E-state index contributed by atoms with van der Waals surface area (Å²) in [5.74, 6) is 0. The Morgan fingerprint density at radius 1 is 2.00 bits per heavy atom. The van der Waals surface area contributed by atoms with Gasteiger partial charge in [0.25, 0.3) is 0 Å². The highest BCUT2D eigenvalue weighted by Gasteiger charge is 2.26. The molecule has 0 aromatic carbocycles. The maximum atomic E-state index is 12.3. The van der Waals surface area contributed by atoms with Crippen LogP contribution in [0.2, 0.25) is 0 Å². The first-order valence-corrected chi connectivity index (χ1v) is 2.77. The Hall–Kier alpha value is -0.800. The van der Waals surface area contributed by atoms with Crippen LogP contribution in [0.1, 0.15) is 6.92 Å². The average Bonchev–Trinajstić information content (AvgIpc) is 2.14. The Kier molecular flexibility index (Phi) is 1.55. The highest BCUT2D eigenvalue weighted by molar-refractivity contribution is 5.69. The van der Waals surface area contributed by atoms with E-state index < -0.39 is 18.3 Å². The van der Waals surface area contributed by atoms with Gasteiger partial charge in [-0.25, -0.2) is 9.18 Å². The molecule has 52 valence electrons. The number of halogens is 1. The summed E-state index contributed by atoms with van der Waals surface area (Å²) in [7, 11) is 0. The van der Waals surface area contributed by atoms with E-state index in [1.165, 1.54) is 6.92 Å². The van der Waals surface area contributed by atoms with Crippen molar-refractivity contribution in [1.82, 2.24) is 5.32 Å². The Balaban J connectivity index is 2.39. The Bertz CT molecular complexity index is 126. The van der Waals surface area contributed by atoms with Crippen LogP contribution < -0.4 is 5.32 Å². The predicted octanol–water partition coefficient (Wildman–Crippen LogP) is 0.453. The predicted molar refractivity (Wildman–Crippen MR) is 28.8 cm³/mol. The van der Waals surface area contributed by atoms with Crippen molar-refractivity contribution in [2.24, 2.45) is 0 Å². The number of hydrogen-bond donors (Lipinski definition) is 1. The molecule has 1 unspecified atom stereocenters. The van der Waals surface area contributed by atoms with E-state index in [0.717, 1.165) is 0 Å². The number of hydrogen-bond acceptors (Lipinski definition) is 2. The van der Waals surface area contributed by atoms with Crippen LogP contribution in [0.3, 0.4) is 0 Å². The van der Waals surface area contributed by atoms with Gasteiger partial charge in [0.2, 0.25) is 0 Å². The average molecular weight is 133 g/mol. The first-order chi connectivity index (χ1) is 4.20. The summed E-state index contributed by atoms with van der Waals surface area (Å²) >= 11 is 0. The number of carbonyl (C=O) groups excluding carboxylic acids is 1. The molecule has 1 fully saturated rings. The zero-order valence-corrected chi connectivity index (χ0v) is 5.06. The highest BCUT2D eigenvalue weighted by Crippen LogP contribution is 2.04. The minimum absolute atomic E-state index is 0.149. The van der Waals surface area contributed by atoms with E-state index >= 15 is 0 Å². The molecule has 1 heterocycles. The van der Waals surface area contributed by atoms with Gasteiger partial charge in [-0.1, -0.05) is 0 Å². The van der Waals surface area contributed by atoms with E-state index in [2.05, 4.69) is 10.1 Å². The summed E-state index contributed by atoms with van der Waals surface area (Å²) < 4.78 is 16.7. The minimum Gasteiger partial charge on any atom is -0.447 e. The second-order valence-corrected chi connectivity index (χ2v) is 2.03. The number of cyclic esters (lactones) is 1.